The summed E-state index contributed by atoms with van der Waals surface area (Å²) >= 11 is 1.43. The van der Waals surface area contributed by atoms with Crippen LogP contribution in [0.3, 0.4) is 0 Å². The summed E-state index contributed by atoms with van der Waals surface area (Å²) in [5, 5.41) is 9.30. The second-order valence-electron chi connectivity index (χ2n) is 3.48. The molecule has 0 spiro atoms. The van der Waals surface area contributed by atoms with Crippen LogP contribution in [0, 0.1) is 6.92 Å². The highest BCUT2D eigenvalue weighted by Gasteiger charge is 2.09. The third-order valence-corrected chi connectivity index (χ3v) is 3.18. The van der Waals surface area contributed by atoms with Gasteiger partial charge in [0, 0.05) is 11.9 Å². The lowest BCUT2D eigenvalue weighted by atomic mass is 10.2. The molecule has 4 nitrogen and oxygen atoms in total. The molecule has 0 aromatic carbocycles. The van der Waals surface area contributed by atoms with Gasteiger partial charge in [-0.25, -0.2) is 4.79 Å². The Kier molecular flexibility index (Phi) is 3.49. The highest BCUT2D eigenvalue weighted by atomic mass is 32.2. The molecule has 2 rings (SSSR count). The first-order valence-corrected chi connectivity index (χ1v) is 6.02. The first-order chi connectivity index (χ1) is 8.16. The molecule has 2 aromatic rings. The van der Waals surface area contributed by atoms with E-state index in [-0.39, 0.29) is 5.76 Å². The lowest BCUT2D eigenvalue weighted by Crippen LogP contribution is -1.91. The molecule has 2 aromatic heterocycles. The SMILES string of the molecule is Cc1cccnc1CSc1ccc(C(=O)O)o1. The minimum absolute atomic E-state index is 0.0368. The van der Waals surface area contributed by atoms with Gasteiger partial charge in [-0.1, -0.05) is 17.8 Å². The van der Waals surface area contributed by atoms with Crippen LogP contribution in [0.5, 0.6) is 0 Å². The van der Waals surface area contributed by atoms with Crippen molar-refractivity contribution < 1.29 is 14.3 Å². The Morgan fingerprint density at radius 3 is 2.94 bits per heavy atom. The molecular weight excluding hydrogens is 238 g/mol. The molecule has 0 bridgehead atoms. The highest BCUT2D eigenvalue weighted by Crippen LogP contribution is 2.25. The maximum atomic E-state index is 10.6. The van der Waals surface area contributed by atoms with Crippen molar-refractivity contribution in [2.45, 2.75) is 17.8 Å². The van der Waals surface area contributed by atoms with E-state index in [1.165, 1.54) is 17.8 Å². The normalized spacial score (nSPS) is 10.4. The number of hydrogen-bond donors (Lipinski definition) is 1. The fourth-order valence-electron chi connectivity index (χ4n) is 1.32. The first-order valence-electron chi connectivity index (χ1n) is 5.03. The third-order valence-electron chi connectivity index (χ3n) is 2.26. The summed E-state index contributed by atoms with van der Waals surface area (Å²) < 4.78 is 5.14. The predicted octanol–water partition coefficient (Wildman–Crippen LogP) is 2.97. The van der Waals surface area contributed by atoms with E-state index in [1.54, 1.807) is 12.3 Å². The minimum Gasteiger partial charge on any atom is -0.475 e. The van der Waals surface area contributed by atoms with Crippen LogP contribution in [0.4, 0.5) is 0 Å². The maximum absolute atomic E-state index is 10.6. The standard InChI is InChI=1S/C12H11NO3S/c1-8-3-2-6-13-9(8)7-17-11-5-4-10(16-11)12(14)15/h2-6H,7H2,1H3,(H,14,15). The van der Waals surface area contributed by atoms with Crippen molar-refractivity contribution in [3.8, 4) is 0 Å². The zero-order valence-electron chi connectivity index (χ0n) is 9.21. The second kappa shape index (κ2) is 5.05. The Labute approximate surface area is 103 Å². The highest BCUT2D eigenvalue weighted by molar-refractivity contribution is 7.98. The van der Waals surface area contributed by atoms with Gasteiger partial charge in [0.25, 0.3) is 0 Å². The summed E-state index contributed by atoms with van der Waals surface area (Å²) in [4.78, 5) is 14.9. The number of carboxylic acid groups (broad SMARTS) is 1. The molecule has 0 aliphatic rings. The zero-order chi connectivity index (χ0) is 12.3. The van der Waals surface area contributed by atoms with Crippen molar-refractivity contribution in [2.24, 2.45) is 0 Å². The topological polar surface area (TPSA) is 63.3 Å². The molecule has 1 N–H and O–H groups in total. The van der Waals surface area contributed by atoms with Crippen LogP contribution in [-0.4, -0.2) is 16.1 Å². The Balaban J connectivity index is 2.02. The monoisotopic (exact) mass is 249 g/mol. The van der Waals surface area contributed by atoms with Crippen LogP contribution in [0.25, 0.3) is 0 Å². The van der Waals surface area contributed by atoms with Gasteiger partial charge in [0.1, 0.15) is 0 Å². The first kappa shape index (κ1) is 11.7. The van der Waals surface area contributed by atoms with Gasteiger partial charge in [0.15, 0.2) is 5.09 Å². The molecule has 5 heteroatoms. The quantitative estimate of drug-likeness (QED) is 0.844. The number of nitrogens with zero attached hydrogens (tertiary/aromatic N) is 1. The van der Waals surface area contributed by atoms with Crippen LogP contribution in [0.1, 0.15) is 21.8 Å². The Morgan fingerprint density at radius 1 is 1.47 bits per heavy atom. The largest absolute Gasteiger partial charge is 0.475 e. The van der Waals surface area contributed by atoms with Gasteiger partial charge < -0.3 is 9.52 Å². The number of furan rings is 1. The predicted molar refractivity (Wildman–Crippen MR) is 64.2 cm³/mol. The number of thioether (sulfide) groups is 1. The molecule has 0 radical (unpaired) electrons. The van der Waals surface area contributed by atoms with Crippen molar-refractivity contribution in [3.63, 3.8) is 0 Å². The van der Waals surface area contributed by atoms with Gasteiger partial charge >= 0.3 is 5.97 Å². The second-order valence-corrected chi connectivity index (χ2v) is 4.46. The number of rotatable bonds is 4. The number of aryl methyl sites for hydroxylation is 1. The van der Waals surface area contributed by atoms with Gasteiger partial charge in [0.05, 0.1) is 5.69 Å². The Hall–Kier alpha value is -1.75. The molecule has 0 aliphatic carbocycles. The van der Waals surface area contributed by atoms with E-state index in [4.69, 9.17) is 9.52 Å². The number of hydrogen-bond acceptors (Lipinski definition) is 4. The van der Waals surface area contributed by atoms with E-state index < -0.39 is 5.97 Å². The van der Waals surface area contributed by atoms with Crippen LogP contribution >= 0.6 is 11.8 Å². The number of pyridine rings is 1. The van der Waals surface area contributed by atoms with E-state index in [0.717, 1.165) is 11.3 Å². The summed E-state index contributed by atoms with van der Waals surface area (Å²) in [7, 11) is 0. The van der Waals surface area contributed by atoms with Gasteiger partial charge in [-0.05, 0) is 30.7 Å². The van der Waals surface area contributed by atoms with Crippen molar-refractivity contribution in [1.82, 2.24) is 4.98 Å². The lowest BCUT2D eigenvalue weighted by molar-refractivity contribution is 0.0656. The van der Waals surface area contributed by atoms with Gasteiger partial charge in [-0.15, -0.1) is 0 Å². The smallest absolute Gasteiger partial charge is 0.371 e. The van der Waals surface area contributed by atoms with Gasteiger partial charge in [0.2, 0.25) is 5.76 Å². The van der Waals surface area contributed by atoms with Crippen molar-refractivity contribution in [1.29, 1.82) is 0 Å². The molecule has 0 saturated carbocycles. The maximum Gasteiger partial charge on any atom is 0.371 e. The summed E-state index contributed by atoms with van der Waals surface area (Å²) in [6.45, 7) is 1.99. The molecule has 2 heterocycles. The van der Waals surface area contributed by atoms with Gasteiger partial charge in [-0.2, -0.15) is 0 Å². The average Bonchev–Trinajstić information content (AvgIpc) is 2.77. The van der Waals surface area contributed by atoms with Crippen LogP contribution < -0.4 is 0 Å². The number of carbonyl (C=O) groups is 1. The summed E-state index contributed by atoms with van der Waals surface area (Å²) in [6, 6.07) is 7.00. The fraction of sp³-hybridized carbons (Fsp3) is 0.167. The Morgan fingerprint density at radius 2 is 2.29 bits per heavy atom. The number of aromatic carboxylic acids is 1. The van der Waals surface area contributed by atoms with Crippen LogP contribution in [0.2, 0.25) is 0 Å². The molecule has 0 aliphatic heterocycles. The van der Waals surface area contributed by atoms with E-state index in [2.05, 4.69) is 4.98 Å². The van der Waals surface area contributed by atoms with E-state index in [0.29, 0.717) is 10.8 Å². The molecular formula is C12H11NO3S. The molecule has 0 unspecified atom stereocenters. The Bertz CT molecular complexity index is 536. The van der Waals surface area contributed by atoms with E-state index in [9.17, 15) is 4.79 Å². The van der Waals surface area contributed by atoms with Crippen molar-refractivity contribution >= 4 is 17.7 Å². The number of aromatic nitrogens is 1. The molecule has 0 amide bonds. The molecule has 0 saturated heterocycles. The molecule has 88 valence electrons. The fourth-order valence-corrected chi connectivity index (χ4v) is 2.22. The summed E-state index contributed by atoms with van der Waals surface area (Å²) in [5.41, 5.74) is 2.09. The molecule has 17 heavy (non-hydrogen) atoms. The summed E-state index contributed by atoms with van der Waals surface area (Å²) in [6.07, 6.45) is 1.74. The van der Waals surface area contributed by atoms with E-state index in [1.807, 2.05) is 19.1 Å². The van der Waals surface area contributed by atoms with Crippen molar-refractivity contribution in [3.05, 3.63) is 47.5 Å². The molecule has 0 atom stereocenters. The summed E-state index contributed by atoms with van der Waals surface area (Å²) in [5.74, 6) is -0.421. The number of carboxylic acids is 1. The van der Waals surface area contributed by atoms with Crippen LogP contribution in [0.15, 0.2) is 40.0 Å². The zero-order valence-corrected chi connectivity index (χ0v) is 10.0. The van der Waals surface area contributed by atoms with E-state index >= 15 is 0 Å². The minimum atomic E-state index is -1.05. The molecule has 0 fully saturated rings. The lowest BCUT2D eigenvalue weighted by Gasteiger charge is -2.01. The van der Waals surface area contributed by atoms with Crippen molar-refractivity contribution in [2.75, 3.05) is 0 Å². The average molecular weight is 249 g/mol. The van der Waals surface area contributed by atoms with Crippen LogP contribution in [-0.2, 0) is 5.75 Å². The van der Waals surface area contributed by atoms with Gasteiger partial charge in [-0.3, -0.25) is 4.98 Å². The third kappa shape index (κ3) is 2.88.